The molecule has 0 bridgehead atoms. The summed E-state index contributed by atoms with van der Waals surface area (Å²) in [5, 5.41) is 0. The van der Waals surface area contributed by atoms with Crippen molar-refractivity contribution in [3.8, 4) is 0 Å². The van der Waals surface area contributed by atoms with Crippen LogP contribution in [-0.4, -0.2) is 30.7 Å². The number of benzene rings is 1. The molecule has 1 aliphatic heterocycles. The summed E-state index contributed by atoms with van der Waals surface area (Å²) >= 11 is 0. The van der Waals surface area contributed by atoms with Crippen LogP contribution in [0.15, 0.2) is 30.3 Å². The van der Waals surface area contributed by atoms with Gasteiger partial charge in [-0.25, -0.2) is 4.79 Å². The molecule has 0 aliphatic carbocycles. The second-order valence-corrected chi connectivity index (χ2v) is 5.59. The Hall–Kier alpha value is -1.51. The molecule has 1 fully saturated rings. The fourth-order valence-corrected chi connectivity index (χ4v) is 2.66. The standard InChI is InChI=1S/C17H25NO2/c1-2-3-13-20-17(19)18-11-9-16(10-12-18)14-15-7-5-4-6-8-15/h4-8,16H,2-3,9-14H2,1H3. The Kier molecular flexibility index (Phi) is 5.90. The predicted octanol–water partition coefficient (Wildman–Crippen LogP) is 3.88. The van der Waals surface area contributed by atoms with E-state index in [-0.39, 0.29) is 6.09 Å². The molecule has 3 heteroatoms. The lowest BCUT2D eigenvalue weighted by molar-refractivity contribution is 0.0867. The second-order valence-electron chi connectivity index (χ2n) is 5.59. The third-order valence-electron chi connectivity index (χ3n) is 3.96. The van der Waals surface area contributed by atoms with E-state index in [9.17, 15) is 4.79 Å². The minimum Gasteiger partial charge on any atom is -0.449 e. The van der Waals surface area contributed by atoms with E-state index in [4.69, 9.17) is 4.74 Å². The molecule has 0 aromatic heterocycles. The second kappa shape index (κ2) is 7.93. The third kappa shape index (κ3) is 4.55. The van der Waals surface area contributed by atoms with E-state index >= 15 is 0 Å². The molecule has 0 saturated carbocycles. The zero-order chi connectivity index (χ0) is 14.2. The number of amides is 1. The van der Waals surface area contributed by atoms with Gasteiger partial charge in [0.05, 0.1) is 6.61 Å². The minimum atomic E-state index is -0.128. The summed E-state index contributed by atoms with van der Waals surface area (Å²) in [6, 6.07) is 10.6. The summed E-state index contributed by atoms with van der Waals surface area (Å²) in [4.78, 5) is 13.7. The number of unbranched alkanes of at least 4 members (excludes halogenated alkanes) is 1. The lowest BCUT2D eigenvalue weighted by atomic mass is 9.90. The van der Waals surface area contributed by atoms with E-state index in [1.165, 1.54) is 5.56 Å². The fraction of sp³-hybridized carbons (Fsp3) is 0.588. The smallest absolute Gasteiger partial charge is 0.409 e. The molecule has 2 rings (SSSR count). The van der Waals surface area contributed by atoms with Gasteiger partial charge < -0.3 is 9.64 Å². The number of ether oxygens (including phenoxy) is 1. The number of hydrogen-bond acceptors (Lipinski definition) is 2. The third-order valence-corrected chi connectivity index (χ3v) is 3.96. The molecule has 0 N–H and O–H groups in total. The van der Waals surface area contributed by atoms with Crippen LogP contribution in [0.3, 0.4) is 0 Å². The zero-order valence-electron chi connectivity index (χ0n) is 12.4. The van der Waals surface area contributed by atoms with Gasteiger partial charge in [0.25, 0.3) is 0 Å². The van der Waals surface area contributed by atoms with Crippen molar-refractivity contribution in [2.45, 2.75) is 39.0 Å². The summed E-state index contributed by atoms with van der Waals surface area (Å²) in [6.07, 6.45) is 5.18. The van der Waals surface area contributed by atoms with Crippen LogP contribution >= 0.6 is 0 Å². The molecule has 1 aliphatic rings. The molecule has 1 amide bonds. The fourth-order valence-electron chi connectivity index (χ4n) is 2.66. The van der Waals surface area contributed by atoms with Gasteiger partial charge in [0.1, 0.15) is 0 Å². The lowest BCUT2D eigenvalue weighted by Crippen LogP contribution is -2.39. The Morgan fingerprint density at radius 1 is 1.25 bits per heavy atom. The topological polar surface area (TPSA) is 29.5 Å². The van der Waals surface area contributed by atoms with Crippen LogP contribution < -0.4 is 0 Å². The maximum atomic E-state index is 11.8. The number of rotatable bonds is 5. The molecule has 3 nitrogen and oxygen atoms in total. The Bertz CT molecular complexity index is 397. The van der Waals surface area contributed by atoms with E-state index in [0.717, 1.165) is 45.2 Å². The van der Waals surface area contributed by atoms with E-state index in [1.54, 1.807) is 0 Å². The van der Waals surface area contributed by atoms with Crippen molar-refractivity contribution in [1.82, 2.24) is 4.90 Å². The van der Waals surface area contributed by atoms with Crippen molar-refractivity contribution >= 4 is 6.09 Å². The Labute approximate surface area is 121 Å². The highest BCUT2D eigenvalue weighted by Gasteiger charge is 2.23. The van der Waals surface area contributed by atoms with Crippen molar-refractivity contribution < 1.29 is 9.53 Å². The molecule has 0 spiro atoms. The highest BCUT2D eigenvalue weighted by Crippen LogP contribution is 2.22. The first kappa shape index (κ1) is 14.9. The highest BCUT2D eigenvalue weighted by atomic mass is 16.6. The predicted molar refractivity (Wildman–Crippen MR) is 80.7 cm³/mol. The molecule has 20 heavy (non-hydrogen) atoms. The van der Waals surface area contributed by atoms with Crippen LogP contribution in [0.4, 0.5) is 4.79 Å². The van der Waals surface area contributed by atoms with Gasteiger partial charge in [-0.15, -0.1) is 0 Å². The van der Waals surface area contributed by atoms with Gasteiger partial charge in [-0.05, 0) is 37.2 Å². The molecule has 1 aromatic rings. The first-order valence-corrected chi connectivity index (χ1v) is 7.75. The van der Waals surface area contributed by atoms with Crippen LogP contribution in [0.5, 0.6) is 0 Å². The minimum absolute atomic E-state index is 0.128. The maximum absolute atomic E-state index is 11.8. The van der Waals surface area contributed by atoms with Crippen molar-refractivity contribution in [1.29, 1.82) is 0 Å². The van der Waals surface area contributed by atoms with Crippen LogP contribution in [0, 0.1) is 5.92 Å². The van der Waals surface area contributed by atoms with Crippen LogP contribution in [0.2, 0.25) is 0 Å². The zero-order valence-corrected chi connectivity index (χ0v) is 12.4. The lowest BCUT2D eigenvalue weighted by Gasteiger charge is -2.31. The molecule has 1 heterocycles. The summed E-state index contributed by atoms with van der Waals surface area (Å²) in [6.45, 7) is 4.33. The SMILES string of the molecule is CCCCOC(=O)N1CCC(Cc2ccccc2)CC1. The van der Waals surface area contributed by atoms with Gasteiger partial charge in [0.15, 0.2) is 0 Å². The van der Waals surface area contributed by atoms with Gasteiger partial charge in [-0.3, -0.25) is 0 Å². The summed E-state index contributed by atoms with van der Waals surface area (Å²) in [5.74, 6) is 0.692. The van der Waals surface area contributed by atoms with E-state index in [0.29, 0.717) is 12.5 Å². The van der Waals surface area contributed by atoms with E-state index < -0.39 is 0 Å². The number of nitrogens with zero attached hydrogens (tertiary/aromatic N) is 1. The molecule has 0 atom stereocenters. The molecule has 1 saturated heterocycles. The molecule has 0 radical (unpaired) electrons. The van der Waals surface area contributed by atoms with E-state index in [1.807, 2.05) is 4.90 Å². The number of hydrogen-bond donors (Lipinski definition) is 0. The molecular formula is C17H25NO2. The van der Waals surface area contributed by atoms with Crippen molar-refractivity contribution in [2.75, 3.05) is 19.7 Å². The van der Waals surface area contributed by atoms with Crippen LogP contribution in [0.25, 0.3) is 0 Å². The number of carbonyl (C=O) groups is 1. The summed E-state index contributed by atoms with van der Waals surface area (Å²) in [5.41, 5.74) is 1.40. The first-order valence-electron chi connectivity index (χ1n) is 7.75. The van der Waals surface area contributed by atoms with Crippen molar-refractivity contribution in [2.24, 2.45) is 5.92 Å². The molecular weight excluding hydrogens is 250 g/mol. The summed E-state index contributed by atoms with van der Waals surface area (Å²) in [7, 11) is 0. The Morgan fingerprint density at radius 3 is 2.60 bits per heavy atom. The average Bonchev–Trinajstić information content (AvgIpc) is 2.49. The number of piperidine rings is 1. The highest BCUT2D eigenvalue weighted by molar-refractivity contribution is 5.67. The Balaban J connectivity index is 1.71. The Morgan fingerprint density at radius 2 is 1.95 bits per heavy atom. The van der Waals surface area contributed by atoms with Gasteiger partial charge in [0, 0.05) is 13.1 Å². The van der Waals surface area contributed by atoms with Gasteiger partial charge in [-0.2, -0.15) is 0 Å². The largest absolute Gasteiger partial charge is 0.449 e. The van der Waals surface area contributed by atoms with Gasteiger partial charge >= 0.3 is 6.09 Å². The van der Waals surface area contributed by atoms with Crippen LogP contribution in [-0.2, 0) is 11.2 Å². The van der Waals surface area contributed by atoms with Crippen molar-refractivity contribution in [3.63, 3.8) is 0 Å². The average molecular weight is 275 g/mol. The van der Waals surface area contributed by atoms with E-state index in [2.05, 4.69) is 37.3 Å². The first-order chi connectivity index (χ1) is 9.79. The monoisotopic (exact) mass is 275 g/mol. The number of likely N-dealkylation sites (tertiary alicyclic amines) is 1. The normalized spacial score (nSPS) is 16.1. The van der Waals surface area contributed by atoms with Gasteiger partial charge in [0.2, 0.25) is 0 Å². The quantitative estimate of drug-likeness (QED) is 0.763. The van der Waals surface area contributed by atoms with Gasteiger partial charge in [-0.1, -0.05) is 43.7 Å². The van der Waals surface area contributed by atoms with Crippen LogP contribution in [0.1, 0.15) is 38.2 Å². The molecule has 110 valence electrons. The number of carbonyl (C=O) groups excluding carboxylic acids is 1. The maximum Gasteiger partial charge on any atom is 0.409 e. The molecule has 0 unspecified atom stereocenters. The van der Waals surface area contributed by atoms with Crippen molar-refractivity contribution in [3.05, 3.63) is 35.9 Å². The summed E-state index contributed by atoms with van der Waals surface area (Å²) < 4.78 is 5.26. The molecule has 1 aromatic carbocycles.